The van der Waals surface area contributed by atoms with Crippen LogP contribution in [0.2, 0.25) is 0 Å². The van der Waals surface area contributed by atoms with E-state index in [1.807, 2.05) is 6.07 Å². The second-order valence-corrected chi connectivity index (χ2v) is 9.45. The van der Waals surface area contributed by atoms with Crippen molar-refractivity contribution in [2.45, 2.75) is 75.5 Å². The predicted molar refractivity (Wildman–Crippen MR) is 119 cm³/mol. The Hall–Kier alpha value is -1.96. The number of ether oxygens (including phenoxy) is 2. The summed E-state index contributed by atoms with van der Waals surface area (Å²) in [5.74, 6) is 1.43. The lowest BCUT2D eigenvalue weighted by atomic mass is 9.84. The maximum Gasteiger partial charge on any atom is 0.128 e. The fraction of sp³-hybridized carbons (Fsp3) is 0.538. The molecule has 32 heavy (non-hydrogen) atoms. The van der Waals surface area contributed by atoms with E-state index in [1.54, 1.807) is 0 Å². The molecule has 2 fully saturated rings. The lowest BCUT2D eigenvalue weighted by Gasteiger charge is -2.41. The standard InChI is InChI=1S/C26H32O6/c1-14-18(11-15-4-6-16(7-5-15)17-8-9-17)12-20(25-19(14)3-2-10-31-25)26-24(30)23(29)22(28)21(13-27)32-26/h4-7,12,17,21-24,26-30H,2-3,8-11,13H2,1H3/t21?,22-,23?,24-,26?/m1/s1. The van der Waals surface area contributed by atoms with Gasteiger partial charge in [0.15, 0.2) is 0 Å². The Labute approximate surface area is 188 Å². The number of benzene rings is 2. The predicted octanol–water partition coefficient (Wildman–Crippen LogP) is 2.30. The fourth-order valence-corrected chi connectivity index (χ4v) is 5.09. The van der Waals surface area contributed by atoms with Gasteiger partial charge in [-0.3, -0.25) is 0 Å². The normalized spacial score (nSPS) is 30.0. The first-order valence-electron chi connectivity index (χ1n) is 11.6. The Kier molecular flexibility index (Phi) is 5.99. The molecule has 0 bridgehead atoms. The second kappa shape index (κ2) is 8.76. The summed E-state index contributed by atoms with van der Waals surface area (Å²) in [5, 5.41) is 40.9. The molecule has 3 aliphatic rings. The average molecular weight is 441 g/mol. The van der Waals surface area contributed by atoms with Crippen LogP contribution in [-0.2, 0) is 17.6 Å². The lowest BCUT2D eigenvalue weighted by Crippen LogP contribution is -2.55. The van der Waals surface area contributed by atoms with E-state index in [-0.39, 0.29) is 0 Å². The number of fused-ring (bicyclic) bond motifs is 1. The minimum absolute atomic E-state index is 0.448. The summed E-state index contributed by atoms with van der Waals surface area (Å²) < 4.78 is 11.9. The molecular formula is C26H32O6. The van der Waals surface area contributed by atoms with Crippen LogP contribution in [0.25, 0.3) is 0 Å². The third kappa shape index (κ3) is 3.95. The van der Waals surface area contributed by atoms with Gasteiger partial charge in [-0.15, -0.1) is 0 Å². The van der Waals surface area contributed by atoms with Crippen LogP contribution < -0.4 is 4.74 Å². The molecule has 3 unspecified atom stereocenters. The number of hydrogen-bond donors (Lipinski definition) is 4. The molecule has 2 aromatic rings. The lowest BCUT2D eigenvalue weighted by molar-refractivity contribution is -0.232. The zero-order valence-electron chi connectivity index (χ0n) is 18.4. The maximum absolute atomic E-state index is 10.7. The minimum Gasteiger partial charge on any atom is -0.493 e. The van der Waals surface area contributed by atoms with Crippen molar-refractivity contribution in [2.75, 3.05) is 13.2 Å². The van der Waals surface area contributed by atoms with Gasteiger partial charge in [-0.05, 0) is 78.8 Å². The zero-order valence-corrected chi connectivity index (χ0v) is 18.4. The molecule has 2 heterocycles. The summed E-state index contributed by atoms with van der Waals surface area (Å²) in [5.41, 5.74) is 6.71. The first-order valence-corrected chi connectivity index (χ1v) is 11.6. The third-order valence-corrected chi connectivity index (χ3v) is 7.24. The molecule has 0 radical (unpaired) electrons. The third-order valence-electron chi connectivity index (χ3n) is 7.24. The molecule has 6 nitrogen and oxygen atoms in total. The number of rotatable bonds is 5. The highest BCUT2D eigenvalue weighted by Crippen LogP contribution is 2.43. The van der Waals surface area contributed by atoms with Gasteiger partial charge in [0, 0.05) is 5.56 Å². The summed E-state index contributed by atoms with van der Waals surface area (Å²) in [6.45, 7) is 2.24. The smallest absolute Gasteiger partial charge is 0.128 e. The highest BCUT2D eigenvalue weighted by Gasteiger charge is 2.45. The van der Waals surface area contributed by atoms with Crippen LogP contribution in [0.4, 0.5) is 0 Å². The first-order chi connectivity index (χ1) is 15.5. The van der Waals surface area contributed by atoms with Gasteiger partial charge in [0.05, 0.1) is 13.2 Å². The minimum atomic E-state index is -1.41. The summed E-state index contributed by atoms with van der Waals surface area (Å²) in [6, 6.07) is 10.8. The molecule has 0 spiro atoms. The van der Waals surface area contributed by atoms with Crippen molar-refractivity contribution in [3.8, 4) is 5.75 Å². The molecule has 6 heteroatoms. The Balaban J connectivity index is 1.52. The van der Waals surface area contributed by atoms with Gasteiger partial charge < -0.3 is 29.9 Å². The van der Waals surface area contributed by atoms with Crippen molar-refractivity contribution in [1.29, 1.82) is 0 Å². The molecule has 1 saturated carbocycles. The number of aliphatic hydroxyl groups excluding tert-OH is 4. The van der Waals surface area contributed by atoms with E-state index in [9.17, 15) is 20.4 Å². The largest absolute Gasteiger partial charge is 0.493 e. The van der Waals surface area contributed by atoms with Crippen molar-refractivity contribution in [2.24, 2.45) is 0 Å². The van der Waals surface area contributed by atoms with Crippen LogP contribution in [0.5, 0.6) is 5.75 Å². The molecule has 1 aliphatic carbocycles. The molecule has 1 saturated heterocycles. The summed E-state index contributed by atoms with van der Waals surface area (Å²) in [4.78, 5) is 0. The van der Waals surface area contributed by atoms with Gasteiger partial charge >= 0.3 is 0 Å². The Morgan fingerprint density at radius 3 is 2.44 bits per heavy atom. The van der Waals surface area contributed by atoms with Crippen molar-refractivity contribution in [3.05, 3.63) is 63.7 Å². The van der Waals surface area contributed by atoms with Gasteiger partial charge in [-0.25, -0.2) is 0 Å². The van der Waals surface area contributed by atoms with Crippen molar-refractivity contribution >= 4 is 0 Å². The maximum atomic E-state index is 10.7. The quantitative estimate of drug-likeness (QED) is 0.570. The molecule has 2 aromatic carbocycles. The van der Waals surface area contributed by atoms with E-state index in [2.05, 4.69) is 31.2 Å². The van der Waals surface area contributed by atoms with Crippen molar-refractivity contribution in [1.82, 2.24) is 0 Å². The van der Waals surface area contributed by atoms with E-state index < -0.39 is 37.1 Å². The van der Waals surface area contributed by atoms with E-state index in [4.69, 9.17) is 9.47 Å². The second-order valence-electron chi connectivity index (χ2n) is 9.45. The van der Waals surface area contributed by atoms with Crippen LogP contribution >= 0.6 is 0 Å². The molecule has 4 N–H and O–H groups in total. The average Bonchev–Trinajstić information content (AvgIpc) is 3.66. The highest BCUT2D eigenvalue weighted by molar-refractivity contribution is 5.53. The Morgan fingerprint density at radius 2 is 1.75 bits per heavy atom. The van der Waals surface area contributed by atoms with Crippen molar-refractivity contribution in [3.63, 3.8) is 0 Å². The number of hydrogen-bond acceptors (Lipinski definition) is 6. The van der Waals surface area contributed by atoms with Gasteiger partial charge in [0.1, 0.15) is 36.3 Å². The molecule has 0 amide bonds. The molecule has 0 aromatic heterocycles. The SMILES string of the molecule is Cc1c(Cc2ccc(C3CC3)cc2)cc(C2OC(CO)[C@@H](O)C(O)[C@H]2O)c2c1CCCO2. The fourth-order valence-electron chi connectivity index (χ4n) is 5.09. The zero-order chi connectivity index (χ0) is 22.4. The summed E-state index contributed by atoms with van der Waals surface area (Å²) >= 11 is 0. The van der Waals surface area contributed by atoms with E-state index in [1.165, 1.54) is 29.5 Å². The van der Waals surface area contributed by atoms with E-state index >= 15 is 0 Å². The summed E-state index contributed by atoms with van der Waals surface area (Å²) in [7, 11) is 0. The highest BCUT2D eigenvalue weighted by atomic mass is 16.5. The topological polar surface area (TPSA) is 99.4 Å². The van der Waals surface area contributed by atoms with Crippen LogP contribution in [0.3, 0.4) is 0 Å². The van der Waals surface area contributed by atoms with Crippen LogP contribution in [0, 0.1) is 6.92 Å². The molecule has 172 valence electrons. The molecular weight excluding hydrogens is 408 g/mol. The van der Waals surface area contributed by atoms with E-state index in [0.29, 0.717) is 17.9 Å². The molecule has 2 aliphatic heterocycles. The van der Waals surface area contributed by atoms with Crippen LogP contribution in [0.1, 0.15) is 64.7 Å². The van der Waals surface area contributed by atoms with Crippen LogP contribution in [0.15, 0.2) is 30.3 Å². The Bertz CT molecular complexity index is 965. The summed E-state index contributed by atoms with van der Waals surface area (Å²) in [6.07, 6.45) is -0.849. The van der Waals surface area contributed by atoms with E-state index in [0.717, 1.165) is 36.3 Å². The van der Waals surface area contributed by atoms with Gasteiger partial charge in [-0.1, -0.05) is 24.3 Å². The van der Waals surface area contributed by atoms with Gasteiger partial charge in [0.25, 0.3) is 0 Å². The first kappa shape index (κ1) is 21.9. The van der Waals surface area contributed by atoms with Crippen LogP contribution in [-0.4, -0.2) is 58.1 Å². The monoisotopic (exact) mass is 440 g/mol. The molecule has 5 atom stereocenters. The van der Waals surface area contributed by atoms with Crippen molar-refractivity contribution < 1.29 is 29.9 Å². The van der Waals surface area contributed by atoms with Gasteiger partial charge in [-0.2, -0.15) is 0 Å². The van der Waals surface area contributed by atoms with Gasteiger partial charge in [0.2, 0.25) is 0 Å². The Morgan fingerprint density at radius 1 is 1.00 bits per heavy atom. The molecule has 5 rings (SSSR count). The number of aliphatic hydroxyl groups is 4.